The molecule has 5 N–H and O–H groups in total. The molecule has 0 aliphatic heterocycles. The predicted octanol–water partition coefficient (Wildman–Crippen LogP) is 2.40. The van der Waals surface area contributed by atoms with Gasteiger partial charge in [-0.05, 0) is 17.5 Å². The Labute approximate surface area is 158 Å². The van der Waals surface area contributed by atoms with Gasteiger partial charge in [-0.3, -0.25) is 15.6 Å². The van der Waals surface area contributed by atoms with Crippen molar-refractivity contribution in [3.05, 3.63) is 78.1 Å². The van der Waals surface area contributed by atoms with E-state index in [0.29, 0.717) is 23.9 Å². The molecule has 0 saturated carbocycles. The van der Waals surface area contributed by atoms with Crippen LogP contribution in [0.4, 0.5) is 17.3 Å². The molecule has 27 heavy (non-hydrogen) atoms. The monoisotopic (exact) mass is 362 g/mol. The molecule has 2 aromatic carbocycles. The lowest BCUT2D eigenvalue weighted by atomic mass is 10.1. The molecule has 0 aliphatic carbocycles. The van der Waals surface area contributed by atoms with Crippen LogP contribution in [-0.4, -0.2) is 22.4 Å². The highest BCUT2D eigenvalue weighted by Gasteiger charge is 2.09. The molecule has 1 heterocycles. The molecule has 0 saturated heterocycles. The van der Waals surface area contributed by atoms with Crippen LogP contribution in [0.5, 0.6) is 0 Å². The Bertz CT molecular complexity index is 870. The molecule has 1 aromatic heterocycles. The van der Waals surface area contributed by atoms with Crippen molar-refractivity contribution in [2.75, 3.05) is 23.0 Å². The van der Waals surface area contributed by atoms with Crippen molar-refractivity contribution >= 4 is 23.2 Å². The average Bonchev–Trinajstić information content (AvgIpc) is 2.70. The number of nitrogens with zero attached hydrogens (tertiary/aromatic N) is 2. The third-order valence-electron chi connectivity index (χ3n) is 3.96. The van der Waals surface area contributed by atoms with Gasteiger partial charge in [-0.25, -0.2) is 9.97 Å². The lowest BCUT2D eigenvalue weighted by Gasteiger charge is -2.13. The Morgan fingerprint density at radius 2 is 1.52 bits per heavy atom. The van der Waals surface area contributed by atoms with Crippen molar-refractivity contribution in [1.29, 1.82) is 0 Å². The lowest BCUT2D eigenvalue weighted by Crippen LogP contribution is -2.31. The first kappa shape index (κ1) is 18.2. The van der Waals surface area contributed by atoms with E-state index < -0.39 is 0 Å². The van der Waals surface area contributed by atoms with Crippen LogP contribution in [0.25, 0.3) is 0 Å². The molecule has 7 heteroatoms. The minimum Gasteiger partial charge on any atom is -0.393 e. The molecule has 0 aliphatic rings. The number of carbonyl (C=O) groups is 1. The zero-order valence-corrected chi connectivity index (χ0v) is 14.9. The molecule has 7 nitrogen and oxygen atoms in total. The summed E-state index contributed by atoms with van der Waals surface area (Å²) in [6.07, 6.45) is 2.51. The van der Waals surface area contributed by atoms with Gasteiger partial charge in [0, 0.05) is 6.54 Å². The summed E-state index contributed by atoms with van der Waals surface area (Å²) in [4.78, 5) is 20.3. The maximum absolute atomic E-state index is 12.0. The summed E-state index contributed by atoms with van der Waals surface area (Å²) in [5.41, 5.74) is 14.0. The molecule has 0 spiro atoms. The second kappa shape index (κ2) is 9.19. The van der Waals surface area contributed by atoms with Crippen LogP contribution in [0, 0.1) is 0 Å². The molecule has 0 radical (unpaired) electrons. The van der Waals surface area contributed by atoms with E-state index in [2.05, 4.69) is 38.3 Å². The Kier molecular flexibility index (Phi) is 6.19. The summed E-state index contributed by atoms with van der Waals surface area (Å²) in [6, 6.07) is 19.6. The van der Waals surface area contributed by atoms with Gasteiger partial charge in [0.15, 0.2) is 11.6 Å². The summed E-state index contributed by atoms with van der Waals surface area (Å²) in [6.45, 7) is 0.686. The number of rotatable bonds is 8. The van der Waals surface area contributed by atoms with Gasteiger partial charge >= 0.3 is 0 Å². The maximum atomic E-state index is 12.0. The van der Waals surface area contributed by atoms with Crippen LogP contribution in [0.2, 0.25) is 0 Å². The van der Waals surface area contributed by atoms with E-state index in [1.807, 2.05) is 48.5 Å². The lowest BCUT2D eigenvalue weighted by molar-refractivity contribution is -0.119. The van der Waals surface area contributed by atoms with Crippen molar-refractivity contribution in [2.45, 2.75) is 12.8 Å². The number of hydrazine groups is 1. The Balaban J connectivity index is 1.52. The highest BCUT2D eigenvalue weighted by Crippen LogP contribution is 2.21. The fourth-order valence-corrected chi connectivity index (χ4v) is 2.56. The summed E-state index contributed by atoms with van der Waals surface area (Å²) in [5, 5.41) is 3.20. The summed E-state index contributed by atoms with van der Waals surface area (Å²) in [5.74, 6) is 0.701. The maximum Gasteiger partial charge on any atom is 0.242 e. The third-order valence-corrected chi connectivity index (χ3v) is 3.96. The van der Waals surface area contributed by atoms with E-state index >= 15 is 0 Å². The SMILES string of the molecule is Nc1c(NCCc2ccccc2)ncnc1NNC(=O)Cc1ccccc1. The van der Waals surface area contributed by atoms with Gasteiger partial charge in [-0.2, -0.15) is 0 Å². The highest BCUT2D eigenvalue weighted by atomic mass is 16.2. The number of nitrogens with two attached hydrogens (primary N) is 1. The van der Waals surface area contributed by atoms with E-state index in [-0.39, 0.29) is 12.3 Å². The first-order valence-corrected chi connectivity index (χ1v) is 8.69. The normalized spacial score (nSPS) is 10.2. The Morgan fingerprint density at radius 3 is 2.22 bits per heavy atom. The number of amides is 1. The first-order chi connectivity index (χ1) is 13.2. The van der Waals surface area contributed by atoms with Gasteiger partial charge in [0.2, 0.25) is 5.91 Å². The minimum absolute atomic E-state index is 0.183. The largest absolute Gasteiger partial charge is 0.393 e. The van der Waals surface area contributed by atoms with Crippen LogP contribution in [0.15, 0.2) is 67.0 Å². The molecule has 0 fully saturated rings. The van der Waals surface area contributed by atoms with E-state index in [9.17, 15) is 4.79 Å². The van der Waals surface area contributed by atoms with Gasteiger partial charge in [-0.15, -0.1) is 0 Å². The minimum atomic E-state index is -0.183. The zero-order chi connectivity index (χ0) is 18.9. The smallest absolute Gasteiger partial charge is 0.242 e. The third kappa shape index (κ3) is 5.43. The first-order valence-electron chi connectivity index (χ1n) is 8.69. The fraction of sp³-hybridized carbons (Fsp3) is 0.150. The van der Waals surface area contributed by atoms with E-state index in [0.717, 1.165) is 12.0 Å². The van der Waals surface area contributed by atoms with E-state index in [1.54, 1.807) is 0 Å². The van der Waals surface area contributed by atoms with Crippen molar-refractivity contribution in [1.82, 2.24) is 15.4 Å². The van der Waals surface area contributed by atoms with Gasteiger partial charge in [0.1, 0.15) is 12.0 Å². The second-order valence-electron chi connectivity index (χ2n) is 5.98. The number of anilines is 3. The molecular formula is C20H22N6O. The van der Waals surface area contributed by atoms with Crippen molar-refractivity contribution in [2.24, 2.45) is 0 Å². The quantitative estimate of drug-likeness (QED) is 0.459. The molecule has 3 rings (SSSR count). The average molecular weight is 362 g/mol. The van der Waals surface area contributed by atoms with Gasteiger partial charge in [0.25, 0.3) is 0 Å². The Morgan fingerprint density at radius 1 is 0.889 bits per heavy atom. The van der Waals surface area contributed by atoms with Crippen LogP contribution >= 0.6 is 0 Å². The summed E-state index contributed by atoms with van der Waals surface area (Å²) >= 11 is 0. The Hall–Kier alpha value is -3.61. The van der Waals surface area contributed by atoms with Gasteiger partial charge in [-0.1, -0.05) is 60.7 Å². The number of hydrogen-bond acceptors (Lipinski definition) is 6. The molecule has 138 valence electrons. The van der Waals surface area contributed by atoms with Crippen molar-refractivity contribution < 1.29 is 4.79 Å². The van der Waals surface area contributed by atoms with E-state index in [1.165, 1.54) is 11.9 Å². The topological polar surface area (TPSA) is 105 Å². The van der Waals surface area contributed by atoms with Gasteiger partial charge < -0.3 is 11.1 Å². The van der Waals surface area contributed by atoms with Crippen LogP contribution in [-0.2, 0) is 17.6 Å². The second-order valence-corrected chi connectivity index (χ2v) is 5.98. The fourth-order valence-electron chi connectivity index (χ4n) is 2.56. The van der Waals surface area contributed by atoms with Crippen LogP contribution in [0.1, 0.15) is 11.1 Å². The standard InChI is InChI=1S/C20H22N6O/c21-18-19(22-12-11-15-7-3-1-4-8-15)23-14-24-20(18)26-25-17(27)13-16-9-5-2-6-10-16/h1-10,14H,11-13,21H2,(H,25,27)(H2,22,23,24,26). The van der Waals surface area contributed by atoms with Crippen LogP contribution < -0.4 is 21.9 Å². The number of hydrogen-bond donors (Lipinski definition) is 4. The van der Waals surface area contributed by atoms with Crippen molar-refractivity contribution in [3.8, 4) is 0 Å². The van der Waals surface area contributed by atoms with E-state index in [4.69, 9.17) is 5.73 Å². The van der Waals surface area contributed by atoms with Crippen molar-refractivity contribution in [3.63, 3.8) is 0 Å². The highest BCUT2D eigenvalue weighted by molar-refractivity contribution is 5.81. The number of benzene rings is 2. The number of nitrogen functional groups attached to an aromatic ring is 1. The number of nitrogens with one attached hydrogen (secondary N) is 3. The van der Waals surface area contributed by atoms with Crippen LogP contribution in [0.3, 0.4) is 0 Å². The predicted molar refractivity (Wildman–Crippen MR) is 107 cm³/mol. The summed E-state index contributed by atoms with van der Waals surface area (Å²) in [7, 11) is 0. The molecule has 0 atom stereocenters. The molecule has 0 bridgehead atoms. The van der Waals surface area contributed by atoms with Gasteiger partial charge in [0.05, 0.1) is 6.42 Å². The zero-order valence-electron chi connectivity index (χ0n) is 14.9. The molecule has 0 unspecified atom stereocenters. The summed E-state index contributed by atoms with van der Waals surface area (Å²) < 4.78 is 0. The number of carbonyl (C=O) groups excluding carboxylic acids is 1. The molecule has 1 amide bonds. The molecular weight excluding hydrogens is 340 g/mol. The number of aromatic nitrogens is 2. The molecule has 3 aromatic rings.